The van der Waals surface area contributed by atoms with Crippen molar-refractivity contribution in [1.29, 1.82) is 0 Å². The minimum Gasteiger partial charge on any atom is -0.494 e. The van der Waals surface area contributed by atoms with Gasteiger partial charge in [-0.3, -0.25) is 4.79 Å². The monoisotopic (exact) mass is 317 g/mol. The Morgan fingerprint density at radius 2 is 2.09 bits per heavy atom. The molecule has 0 saturated carbocycles. The van der Waals surface area contributed by atoms with E-state index in [1.807, 2.05) is 0 Å². The molecule has 0 bridgehead atoms. The zero-order valence-corrected chi connectivity index (χ0v) is 13.3. The fourth-order valence-electron chi connectivity index (χ4n) is 2.09. The van der Waals surface area contributed by atoms with Crippen LogP contribution in [0.5, 0.6) is 5.75 Å². The Bertz CT molecular complexity index is 578. The van der Waals surface area contributed by atoms with Gasteiger partial charge in [0.2, 0.25) is 0 Å². The summed E-state index contributed by atoms with van der Waals surface area (Å²) in [7, 11) is 0. The molecule has 1 aromatic heterocycles. The molecule has 0 spiro atoms. The fourth-order valence-corrected chi connectivity index (χ4v) is 2.09. The maximum atomic E-state index is 12.0. The van der Waals surface area contributed by atoms with E-state index in [4.69, 9.17) is 9.15 Å². The van der Waals surface area contributed by atoms with Gasteiger partial charge >= 0.3 is 0 Å². The Labute approximate surface area is 136 Å². The molecule has 2 N–H and O–H groups in total. The lowest BCUT2D eigenvalue weighted by Gasteiger charge is -2.10. The number of rotatable bonds is 9. The SMILES string of the molecule is CCCCOc1ccc(C(=O)NCCC(O)c2ccoc2)cc1. The highest BCUT2D eigenvalue weighted by Crippen LogP contribution is 2.16. The predicted octanol–water partition coefficient (Wildman–Crippen LogP) is 3.31. The summed E-state index contributed by atoms with van der Waals surface area (Å²) in [4.78, 5) is 12.0. The van der Waals surface area contributed by atoms with Crippen LogP contribution in [0.3, 0.4) is 0 Å². The van der Waals surface area contributed by atoms with E-state index >= 15 is 0 Å². The Balaban J connectivity index is 1.74. The number of hydrogen-bond donors (Lipinski definition) is 2. The van der Waals surface area contributed by atoms with Gasteiger partial charge in [-0.2, -0.15) is 0 Å². The second-order valence-electron chi connectivity index (χ2n) is 5.34. The zero-order valence-electron chi connectivity index (χ0n) is 13.3. The van der Waals surface area contributed by atoms with E-state index in [0.29, 0.717) is 30.7 Å². The van der Waals surface area contributed by atoms with Crippen LogP contribution in [0, 0.1) is 0 Å². The number of carbonyl (C=O) groups excluding carboxylic acids is 1. The fraction of sp³-hybridized carbons (Fsp3) is 0.389. The van der Waals surface area contributed by atoms with Crippen LogP contribution in [0.4, 0.5) is 0 Å². The number of carbonyl (C=O) groups is 1. The lowest BCUT2D eigenvalue weighted by Crippen LogP contribution is -2.25. The molecule has 23 heavy (non-hydrogen) atoms. The Kier molecular flexibility index (Phi) is 6.69. The minimum absolute atomic E-state index is 0.162. The van der Waals surface area contributed by atoms with E-state index in [0.717, 1.165) is 18.6 Å². The van der Waals surface area contributed by atoms with Gasteiger partial charge in [-0.1, -0.05) is 13.3 Å². The smallest absolute Gasteiger partial charge is 0.251 e. The van der Waals surface area contributed by atoms with Gasteiger partial charge in [0.15, 0.2) is 0 Å². The van der Waals surface area contributed by atoms with Crippen molar-refractivity contribution in [3.05, 3.63) is 54.0 Å². The van der Waals surface area contributed by atoms with E-state index in [1.54, 1.807) is 30.3 Å². The van der Waals surface area contributed by atoms with Crippen molar-refractivity contribution in [3.8, 4) is 5.75 Å². The Morgan fingerprint density at radius 3 is 2.74 bits per heavy atom. The number of ether oxygens (including phenoxy) is 1. The van der Waals surface area contributed by atoms with Crippen molar-refractivity contribution in [1.82, 2.24) is 5.32 Å². The third kappa shape index (κ3) is 5.45. The zero-order chi connectivity index (χ0) is 16.5. The van der Waals surface area contributed by atoms with E-state index in [-0.39, 0.29) is 5.91 Å². The van der Waals surface area contributed by atoms with Crippen molar-refractivity contribution >= 4 is 5.91 Å². The minimum atomic E-state index is -0.636. The average molecular weight is 317 g/mol. The molecule has 0 fully saturated rings. The van der Waals surface area contributed by atoms with Crippen LogP contribution < -0.4 is 10.1 Å². The second kappa shape index (κ2) is 9.00. The number of amides is 1. The molecule has 5 heteroatoms. The van der Waals surface area contributed by atoms with Crippen molar-refractivity contribution in [2.45, 2.75) is 32.3 Å². The molecule has 1 aromatic carbocycles. The van der Waals surface area contributed by atoms with Gasteiger partial charge in [0, 0.05) is 17.7 Å². The molecule has 1 heterocycles. The van der Waals surface area contributed by atoms with Gasteiger partial charge in [-0.05, 0) is 43.2 Å². The largest absolute Gasteiger partial charge is 0.494 e. The number of aliphatic hydroxyl groups excluding tert-OH is 1. The topological polar surface area (TPSA) is 71.7 Å². The summed E-state index contributed by atoms with van der Waals surface area (Å²) in [6.07, 6.45) is 4.92. The van der Waals surface area contributed by atoms with Gasteiger partial charge in [0.1, 0.15) is 5.75 Å². The third-order valence-corrected chi connectivity index (χ3v) is 3.51. The van der Waals surface area contributed by atoms with E-state index < -0.39 is 6.10 Å². The Hall–Kier alpha value is -2.27. The molecule has 5 nitrogen and oxygen atoms in total. The highest BCUT2D eigenvalue weighted by Gasteiger charge is 2.10. The van der Waals surface area contributed by atoms with Gasteiger partial charge < -0.3 is 19.6 Å². The van der Waals surface area contributed by atoms with Crippen molar-refractivity contribution in [2.24, 2.45) is 0 Å². The van der Waals surface area contributed by atoms with E-state index in [1.165, 1.54) is 12.5 Å². The van der Waals surface area contributed by atoms with Crippen LogP contribution in [0.25, 0.3) is 0 Å². The number of nitrogens with one attached hydrogen (secondary N) is 1. The standard InChI is InChI=1S/C18H23NO4/c1-2-3-11-23-16-6-4-14(5-7-16)18(21)19-10-8-17(20)15-9-12-22-13-15/h4-7,9,12-13,17,20H,2-3,8,10-11H2,1H3,(H,19,21). The molecule has 1 unspecified atom stereocenters. The summed E-state index contributed by atoms with van der Waals surface area (Å²) >= 11 is 0. The number of benzene rings is 1. The number of unbranched alkanes of at least 4 members (excludes halogenated alkanes) is 1. The molecule has 2 rings (SSSR count). The summed E-state index contributed by atoms with van der Waals surface area (Å²) in [5, 5.41) is 12.7. The van der Waals surface area contributed by atoms with Crippen LogP contribution in [0.15, 0.2) is 47.3 Å². The normalized spacial score (nSPS) is 11.9. The van der Waals surface area contributed by atoms with Gasteiger partial charge in [0.05, 0.1) is 25.2 Å². The first-order chi connectivity index (χ1) is 11.2. The highest BCUT2D eigenvalue weighted by atomic mass is 16.5. The van der Waals surface area contributed by atoms with Crippen LogP contribution >= 0.6 is 0 Å². The molecular formula is C18H23NO4. The highest BCUT2D eigenvalue weighted by molar-refractivity contribution is 5.94. The first-order valence-electron chi connectivity index (χ1n) is 7.92. The summed E-state index contributed by atoms with van der Waals surface area (Å²) in [6, 6.07) is 8.78. The lowest BCUT2D eigenvalue weighted by molar-refractivity contribution is 0.0942. The van der Waals surface area contributed by atoms with Crippen molar-refractivity contribution in [2.75, 3.05) is 13.2 Å². The molecule has 0 aliphatic rings. The first-order valence-corrected chi connectivity index (χ1v) is 7.92. The van der Waals surface area contributed by atoms with Crippen LogP contribution in [-0.2, 0) is 0 Å². The van der Waals surface area contributed by atoms with Gasteiger partial charge in [0.25, 0.3) is 5.91 Å². The van der Waals surface area contributed by atoms with E-state index in [2.05, 4.69) is 12.2 Å². The first kappa shape index (κ1) is 17.1. The maximum Gasteiger partial charge on any atom is 0.251 e. The molecule has 0 saturated heterocycles. The summed E-state index contributed by atoms with van der Waals surface area (Å²) < 4.78 is 10.5. The summed E-state index contributed by atoms with van der Waals surface area (Å²) in [5.74, 6) is 0.606. The van der Waals surface area contributed by atoms with Gasteiger partial charge in [-0.25, -0.2) is 0 Å². The van der Waals surface area contributed by atoms with Crippen LogP contribution in [-0.4, -0.2) is 24.2 Å². The molecule has 2 aromatic rings. The predicted molar refractivity (Wildman–Crippen MR) is 87.5 cm³/mol. The lowest BCUT2D eigenvalue weighted by atomic mass is 10.1. The summed E-state index contributed by atoms with van der Waals surface area (Å²) in [5.41, 5.74) is 1.29. The van der Waals surface area contributed by atoms with E-state index in [9.17, 15) is 9.90 Å². The molecule has 0 aliphatic carbocycles. The van der Waals surface area contributed by atoms with Gasteiger partial charge in [-0.15, -0.1) is 0 Å². The second-order valence-corrected chi connectivity index (χ2v) is 5.34. The van der Waals surface area contributed by atoms with Crippen LogP contribution in [0.1, 0.15) is 48.2 Å². The maximum absolute atomic E-state index is 12.0. The molecule has 0 aliphatic heterocycles. The Morgan fingerprint density at radius 1 is 1.30 bits per heavy atom. The quantitative estimate of drug-likeness (QED) is 0.696. The number of hydrogen-bond acceptors (Lipinski definition) is 4. The summed E-state index contributed by atoms with van der Waals surface area (Å²) in [6.45, 7) is 3.19. The number of aliphatic hydroxyl groups is 1. The van der Waals surface area contributed by atoms with Crippen molar-refractivity contribution < 1.29 is 19.1 Å². The molecule has 124 valence electrons. The molecule has 0 radical (unpaired) electrons. The molecule has 1 amide bonds. The van der Waals surface area contributed by atoms with Crippen molar-refractivity contribution in [3.63, 3.8) is 0 Å². The molecular weight excluding hydrogens is 294 g/mol. The van der Waals surface area contributed by atoms with Crippen LogP contribution in [0.2, 0.25) is 0 Å². The third-order valence-electron chi connectivity index (χ3n) is 3.51. The average Bonchev–Trinajstić information content (AvgIpc) is 3.10. The number of furan rings is 1. The molecule has 1 atom stereocenters.